The Morgan fingerprint density at radius 1 is 0.944 bits per heavy atom. The van der Waals surface area contributed by atoms with Crippen LogP contribution in [0.3, 0.4) is 0 Å². The molecular weight excluding hydrogens is 228 g/mol. The largest absolute Gasteiger partial charge is 0.240 e. The fourth-order valence-electron chi connectivity index (χ4n) is 2.48. The van der Waals surface area contributed by atoms with Gasteiger partial charge in [0.15, 0.2) is 0 Å². The lowest BCUT2D eigenvalue weighted by Gasteiger charge is -2.46. The van der Waals surface area contributed by atoms with Crippen LogP contribution >= 0.6 is 0 Å². The van der Waals surface area contributed by atoms with E-state index in [4.69, 9.17) is 0 Å². The summed E-state index contributed by atoms with van der Waals surface area (Å²) in [4.78, 5) is 29.1. The van der Waals surface area contributed by atoms with Gasteiger partial charge < -0.3 is 0 Å². The number of allylic oxidation sites excluding steroid dienone is 1. The minimum absolute atomic E-state index is 0.413. The van der Waals surface area contributed by atoms with Gasteiger partial charge in [0.05, 0.1) is 5.70 Å². The fourth-order valence-corrected chi connectivity index (χ4v) is 2.48. The van der Waals surface area contributed by atoms with Gasteiger partial charge in [0.2, 0.25) is 12.2 Å². The third-order valence-electron chi connectivity index (χ3n) is 4.58. The minimum atomic E-state index is -0.662. The van der Waals surface area contributed by atoms with Crippen molar-refractivity contribution in [1.29, 1.82) is 0 Å². The quantitative estimate of drug-likeness (QED) is 0.555. The Morgan fingerprint density at radius 2 is 1.50 bits per heavy atom. The van der Waals surface area contributed by atoms with Crippen LogP contribution in [0.25, 0.3) is 0 Å². The standard InChI is InChI=1S/C14H18N2O2/c1-9-10(2)14(6,16-8-18)13(4,5)11(3)12(9)15-7-17/h1-6H3. The molecule has 0 amide bonds. The van der Waals surface area contributed by atoms with Gasteiger partial charge in [-0.15, -0.1) is 0 Å². The Bertz CT molecular complexity index is 542. The third kappa shape index (κ3) is 1.71. The number of hydrogen-bond donors (Lipinski definition) is 0. The summed E-state index contributed by atoms with van der Waals surface area (Å²) < 4.78 is 0. The highest BCUT2D eigenvalue weighted by molar-refractivity contribution is 5.54. The Kier molecular flexibility index (Phi) is 3.57. The second-order valence-electron chi connectivity index (χ2n) is 5.33. The molecule has 4 nitrogen and oxygen atoms in total. The zero-order valence-corrected chi connectivity index (χ0v) is 11.7. The van der Waals surface area contributed by atoms with E-state index in [1.165, 1.54) is 0 Å². The summed E-state index contributed by atoms with van der Waals surface area (Å²) in [7, 11) is 0. The average Bonchev–Trinajstić information content (AvgIpc) is 2.31. The summed E-state index contributed by atoms with van der Waals surface area (Å²) >= 11 is 0. The van der Waals surface area contributed by atoms with E-state index in [0.717, 1.165) is 16.7 Å². The Hall–Kier alpha value is -1.76. The van der Waals surface area contributed by atoms with Gasteiger partial charge in [0.1, 0.15) is 5.54 Å². The highest BCUT2D eigenvalue weighted by Gasteiger charge is 2.48. The minimum Gasteiger partial charge on any atom is -0.211 e. The lowest BCUT2D eigenvalue weighted by Crippen LogP contribution is -2.45. The highest BCUT2D eigenvalue weighted by Crippen LogP contribution is 2.51. The summed E-state index contributed by atoms with van der Waals surface area (Å²) in [6.07, 6.45) is 3.25. The molecule has 0 saturated carbocycles. The Labute approximate surface area is 107 Å². The number of hydrogen-bond acceptors (Lipinski definition) is 4. The van der Waals surface area contributed by atoms with Crippen LogP contribution in [0.4, 0.5) is 0 Å². The van der Waals surface area contributed by atoms with Crippen LogP contribution in [0.15, 0.2) is 32.4 Å². The topological polar surface area (TPSA) is 58.9 Å². The lowest BCUT2D eigenvalue weighted by atomic mass is 9.61. The van der Waals surface area contributed by atoms with Crippen molar-refractivity contribution in [1.82, 2.24) is 0 Å². The first-order chi connectivity index (χ1) is 8.24. The molecule has 1 aliphatic carbocycles. The van der Waals surface area contributed by atoms with Crippen LogP contribution in [-0.4, -0.2) is 17.7 Å². The summed E-state index contributed by atoms with van der Waals surface area (Å²) in [5, 5.41) is 0. The van der Waals surface area contributed by atoms with E-state index < -0.39 is 11.0 Å². The molecule has 0 bridgehead atoms. The molecule has 0 aromatic rings. The van der Waals surface area contributed by atoms with Crippen LogP contribution < -0.4 is 0 Å². The maximum atomic E-state index is 10.7. The zero-order chi connectivity index (χ0) is 14.1. The van der Waals surface area contributed by atoms with Gasteiger partial charge in [-0.25, -0.2) is 9.59 Å². The maximum Gasteiger partial charge on any atom is 0.240 e. The predicted octanol–water partition coefficient (Wildman–Crippen LogP) is 3.07. The number of aliphatic imine (C=N–C) groups is 2. The third-order valence-corrected chi connectivity index (χ3v) is 4.58. The normalized spacial score (nSPS) is 26.6. The summed E-state index contributed by atoms with van der Waals surface area (Å²) in [5.41, 5.74) is 2.29. The summed E-state index contributed by atoms with van der Waals surface area (Å²) in [5.74, 6) is 0. The van der Waals surface area contributed by atoms with E-state index in [2.05, 4.69) is 9.98 Å². The molecular formula is C14H18N2O2. The first-order valence-electron chi connectivity index (χ1n) is 5.80. The molecule has 1 rings (SSSR count). The lowest BCUT2D eigenvalue weighted by molar-refractivity contribution is 0.263. The summed E-state index contributed by atoms with van der Waals surface area (Å²) in [6.45, 7) is 11.6. The summed E-state index contributed by atoms with van der Waals surface area (Å²) in [6, 6.07) is 0. The van der Waals surface area contributed by atoms with Gasteiger partial charge in [-0.1, -0.05) is 13.8 Å². The van der Waals surface area contributed by atoms with Crippen LogP contribution in [0.5, 0.6) is 0 Å². The molecule has 18 heavy (non-hydrogen) atoms. The zero-order valence-electron chi connectivity index (χ0n) is 11.7. The molecule has 96 valence electrons. The SMILES string of the molecule is CC1=C(C)C(C)(N=C=O)C(C)(C)C(C)=C1N=C=O. The molecule has 1 aliphatic rings. The second kappa shape index (κ2) is 4.49. The van der Waals surface area contributed by atoms with Crippen molar-refractivity contribution >= 4 is 12.2 Å². The van der Waals surface area contributed by atoms with Crippen molar-refractivity contribution < 1.29 is 9.59 Å². The molecule has 0 spiro atoms. The van der Waals surface area contributed by atoms with Gasteiger partial charge in [0.25, 0.3) is 0 Å². The van der Waals surface area contributed by atoms with E-state index in [9.17, 15) is 9.59 Å². The van der Waals surface area contributed by atoms with Crippen LogP contribution in [0.1, 0.15) is 41.5 Å². The van der Waals surface area contributed by atoms with Crippen LogP contribution in [-0.2, 0) is 9.59 Å². The van der Waals surface area contributed by atoms with Gasteiger partial charge in [-0.05, 0) is 44.4 Å². The van der Waals surface area contributed by atoms with E-state index >= 15 is 0 Å². The Morgan fingerprint density at radius 3 is 1.94 bits per heavy atom. The van der Waals surface area contributed by atoms with E-state index in [1.807, 2.05) is 41.5 Å². The molecule has 0 aliphatic heterocycles. The molecule has 4 heteroatoms. The molecule has 0 N–H and O–H groups in total. The second-order valence-corrected chi connectivity index (χ2v) is 5.33. The fraction of sp³-hybridized carbons (Fsp3) is 0.571. The molecule has 0 aromatic carbocycles. The van der Waals surface area contributed by atoms with E-state index in [1.54, 1.807) is 12.2 Å². The van der Waals surface area contributed by atoms with Gasteiger partial charge >= 0.3 is 0 Å². The van der Waals surface area contributed by atoms with Crippen molar-refractivity contribution in [3.8, 4) is 0 Å². The van der Waals surface area contributed by atoms with Gasteiger partial charge in [-0.2, -0.15) is 9.98 Å². The van der Waals surface area contributed by atoms with Crippen molar-refractivity contribution in [3.05, 3.63) is 22.4 Å². The number of nitrogens with zero attached hydrogens (tertiary/aromatic N) is 2. The van der Waals surface area contributed by atoms with Crippen molar-refractivity contribution in [2.75, 3.05) is 0 Å². The molecule has 0 radical (unpaired) electrons. The number of rotatable bonds is 2. The average molecular weight is 246 g/mol. The van der Waals surface area contributed by atoms with Crippen molar-refractivity contribution in [2.24, 2.45) is 15.4 Å². The predicted molar refractivity (Wildman–Crippen MR) is 69.5 cm³/mol. The van der Waals surface area contributed by atoms with E-state index in [0.29, 0.717) is 5.70 Å². The van der Waals surface area contributed by atoms with E-state index in [-0.39, 0.29) is 0 Å². The van der Waals surface area contributed by atoms with Crippen LogP contribution in [0, 0.1) is 5.41 Å². The maximum absolute atomic E-state index is 10.7. The Balaban J connectivity index is 3.72. The molecule has 0 fully saturated rings. The number of isocyanates is 2. The molecule has 1 atom stereocenters. The molecule has 0 heterocycles. The smallest absolute Gasteiger partial charge is 0.211 e. The van der Waals surface area contributed by atoms with Gasteiger partial charge in [0, 0.05) is 5.41 Å². The molecule has 0 aromatic heterocycles. The first-order valence-corrected chi connectivity index (χ1v) is 5.80. The monoisotopic (exact) mass is 246 g/mol. The van der Waals surface area contributed by atoms with Gasteiger partial charge in [-0.3, -0.25) is 0 Å². The molecule has 1 unspecified atom stereocenters. The first kappa shape index (κ1) is 14.3. The molecule has 0 saturated heterocycles. The van der Waals surface area contributed by atoms with Crippen LogP contribution in [0.2, 0.25) is 0 Å². The highest BCUT2D eigenvalue weighted by atomic mass is 16.1. The van der Waals surface area contributed by atoms with Crippen molar-refractivity contribution in [2.45, 2.75) is 47.1 Å². The number of carbonyl (C=O) groups excluding carboxylic acids is 2. The van der Waals surface area contributed by atoms with Crippen molar-refractivity contribution in [3.63, 3.8) is 0 Å².